The lowest BCUT2D eigenvalue weighted by Gasteiger charge is -2.31. The molecule has 1 unspecified atom stereocenters. The second-order valence-electron chi connectivity index (χ2n) is 6.34. The van der Waals surface area contributed by atoms with Crippen molar-refractivity contribution in [1.82, 2.24) is 4.90 Å². The number of ether oxygens (including phenoxy) is 1. The third-order valence-corrected chi connectivity index (χ3v) is 4.71. The molecule has 3 rings (SSSR count). The monoisotopic (exact) mass is 427 g/mol. The van der Waals surface area contributed by atoms with Crippen molar-refractivity contribution in [2.75, 3.05) is 26.3 Å². The van der Waals surface area contributed by atoms with Crippen LogP contribution >= 0.6 is 11.6 Å². The van der Waals surface area contributed by atoms with E-state index < -0.39 is 0 Å². The number of morpholine rings is 1. The first kappa shape index (κ1) is 30.1. The molecule has 3 nitrogen and oxygen atoms in total. The summed E-state index contributed by atoms with van der Waals surface area (Å²) >= 11 is 5.95. The summed E-state index contributed by atoms with van der Waals surface area (Å²) in [6.45, 7) is 19.1. The van der Waals surface area contributed by atoms with Crippen molar-refractivity contribution in [3.05, 3.63) is 34.9 Å². The number of carbonyl (C=O) groups excluding carboxylic acids is 1. The van der Waals surface area contributed by atoms with Gasteiger partial charge in [0, 0.05) is 24.0 Å². The zero-order chi connectivity index (χ0) is 22.7. The van der Waals surface area contributed by atoms with Crippen LogP contribution < -0.4 is 0 Å². The normalized spacial score (nSPS) is 19.7. The van der Waals surface area contributed by atoms with E-state index in [4.69, 9.17) is 16.3 Å². The van der Waals surface area contributed by atoms with Crippen molar-refractivity contribution in [2.24, 2.45) is 5.92 Å². The van der Waals surface area contributed by atoms with Crippen molar-refractivity contribution in [3.8, 4) is 0 Å². The smallest absolute Gasteiger partial charge is 0.226 e. The highest BCUT2D eigenvalue weighted by Gasteiger charge is 2.36. The molecular weight excluding hydrogens is 382 g/mol. The predicted molar refractivity (Wildman–Crippen MR) is 129 cm³/mol. The molecule has 1 saturated carbocycles. The number of rotatable bonds is 2. The van der Waals surface area contributed by atoms with Gasteiger partial charge in [0.2, 0.25) is 5.91 Å². The van der Waals surface area contributed by atoms with Crippen LogP contribution in [0.1, 0.15) is 92.6 Å². The molecular formula is C25H46ClNO2. The maximum Gasteiger partial charge on any atom is 0.226 e. The molecule has 4 heteroatoms. The second-order valence-corrected chi connectivity index (χ2v) is 6.78. The van der Waals surface area contributed by atoms with Gasteiger partial charge in [0.25, 0.3) is 0 Å². The van der Waals surface area contributed by atoms with Crippen molar-refractivity contribution >= 4 is 17.5 Å². The Balaban J connectivity index is 0. The summed E-state index contributed by atoms with van der Waals surface area (Å²) in [5.41, 5.74) is 1.25. The van der Waals surface area contributed by atoms with Crippen LogP contribution in [0.4, 0.5) is 0 Å². The van der Waals surface area contributed by atoms with Gasteiger partial charge in [-0.25, -0.2) is 0 Å². The summed E-state index contributed by atoms with van der Waals surface area (Å²) in [5, 5.41) is 0.753. The highest BCUT2D eigenvalue weighted by molar-refractivity contribution is 6.30. The molecule has 1 amide bonds. The molecule has 2 atom stereocenters. The van der Waals surface area contributed by atoms with Gasteiger partial charge in [0.1, 0.15) is 0 Å². The van der Waals surface area contributed by atoms with Gasteiger partial charge in [-0.3, -0.25) is 4.79 Å². The Kier molecular flexibility index (Phi) is 21.0. The van der Waals surface area contributed by atoms with Gasteiger partial charge < -0.3 is 9.64 Å². The fraction of sp³-hybridized carbons (Fsp3) is 0.720. The van der Waals surface area contributed by atoms with E-state index in [0.29, 0.717) is 25.0 Å². The van der Waals surface area contributed by atoms with Gasteiger partial charge in [-0.05, 0) is 36.5 Å². The lowest BCUT2D eigenvalue weighted by Crippen LogP contribution is -2.44. The summed E-state index contributed by atoms with van der Waals surface area (Å²) in [4.78, 5) is 14.7. The van der Waals surface area contributed by atoms with Crippen LogP contribution in [-0.4, -0.2) is 37.1 Å². The summed E-state index contributed by atoms with van der Waals surface area (Å²) in [7, 11) is 0. The zero-order valence-electron chi connectivity index (χ0n) is 20.3. The summed E-state index contributed by atoms with van der Waals surface area (Å²) in [5.74, 6) is 0.794. The van der Waals surface area contributed by atoms with E-state index in [1.165, 1.54) is 12.0 Å². The average molecular weight is 428 g/mol. The van der Waals surface area contributed by atoms with E-state index in [1.54, 1.807) is 0 Å². The molecule has 1 saturated heterocycles. The number of amides is 1. The summed E-state index contributed by atoms with van der Waals surface area (Å²) in [6.07, 6.45) is 4.49. The quantitative estimate of drug-likeness (QED) is 0.486. The van der Waals surface area contributed by atoms with Crippen LogP contribution in [0, 0.1) is 5.92 Å². The number of carbonyl (C=O) groups is 1. The summed E-state index contributed by atoms with van der Waals surface area (Å²) < 4.78 is 5.33. The minimum atomic E-state index is 0.134. The van der Waals surface area contributed by atoms with Crippen LogP contribution in [-0.2, 0) is 9.53 Å². The molecule has 0 spiro atoms. The van der Waals surface area contributed by atoms with Crippen LogP contribution in [0.3, 0.4) is 0 Å². The number of nitrogens with zero attached hydrogens (tertiary/aromatic N) is 1. The van der Waals surface area contributed by atoms with E-state index in [0.717, 1.165) is 37.4 Å². The fourth-order valence-electron chi connectivity index (χ4n) is 3.38. The Labute approximate surface area is 186 Å². The van der Waals surface area contributed by atoms with E-state index in [2.05, 4.69) is 26.0 Å². The molecule has 1 aromatic rings. The van der Waals surface area contributed by atoms with Crippen LogP contribution in [0.5, 0.6) is 0 Å². The first-order chi connectivity index (χ1) is 14.2. The number of halogens is 1. The lowest BCUT2D eigenvalue weighted by molar-refractivity contribution is -0.139. The van der Waals surface area contributed by atoms with E-state index in [9.17, 15) is 4.79 Å². The van der Waals surface area contributed by atoms with Crippen LogP contribution in [0.2, 0.25) is 5.02 Å². The molecule has 170 valence electrons. The molecule has 2 aliphatic rings. The molecule has 0 radical (unpaired) electrons. The molecule has 0 aromatic heterocycles. The van der Waals surface area contributed by atoms with Gasteiger partial charge >= 0.3 is 0 Å². The maximum absolute atomic E-state index is 12.7. The predicted octanol–water partition coefficient (Wildman–Crippen LogP) is 7.58. The topological polar surface area (TPSA) is 29.5 Å². The van der Waals surface area contributed by atoms with Crippen molar-refractivity contribution in [2.45, 2.75) is 87.0 Å². The van der Waals surface area contributed by atoms with Gasteiger partial charge in [-0.1, -0.05) is 92.0 Å². The zero-order valence-corrected chi connectivity index (χ0v) is 21.0. The number of hydrogen-bond donors (Lipinski definition) is 0. The SMILES string of the molecule is CC.CC.CC.CCC.O=C([C@@H]1CCCC1c1ccc(Cl)cc1)N1CCOCC1. The van der Waals surface area contributed by atoms with Gasteiger partial charge in [0.15, 0.2) is 0 Å². The van der Waals surface area contributed by atoms with Crippen molar-refractivity contribution in [3.63, 3.8) is 0 Å². The third kappa shape index (κ3) is 11.1. The Morgan fingerprint density at radius 1 is 0.966 bits per heavy atom. The van der Waals surface area contributed by atoms with Gasteiger partial charge in [-0.2, -0.15) is 0 Å². The van der Waals surface area contributed by atoms with Crippen LogP contribution in [0.15, 0.2) is 24.3 Å². The Morgan fingerprint density at radius 2 is 1.45 bits per heavy atom. The first-order valence-electron chi connectivity index (χ1n) is 11.8. The van der Waals surface area contributed by atoms with Crippen LogP contribution in [0.25, 0.3) is 0 Å². The third-order valence-electron chi connectivity index (χ3n) is 4.45. The molecule has 0 N–H and O–H groups in total. The molecule has 1 heterocycles. The number of benzene rings is 1. The molecule has 1 aromatic carbocycles. The Hall–Kier alpha value is -1.06. The first-order valence-corrected chi connectivity index (χ1v) is 12.2. The maximum atomic E-state index is 12.7. The van der Waals surface area contributed by atoms with Gasteiger partial charge in [-0.15, -0.1) is 0 Å². The van der Waals surface area contributed by atoms with E-state index in [1.807, 2.05) is 58.6 Å². The molecule has 2 fully saturated rings. The van der Waals surface area contributed by atoms with Gasteiger partial charge in [0.05, 0.1) is 13.2 Å². The molecule has 0 bridgehead atoms. The minimum absolute atomic E-state index is 0.134. The fourth-order valence-corrected chi connectivity index (χ4v) is 3.51. The highest BCUT2D eigenvalue weighted by atomic mass is 35.5. The molecule has 29 heavy (non-hydrogen) atoms. The Bertz CT molecular complexity index is 484. The standard InChI is InChI=1S/C16H20ClNO2.C3H8.3C2H6/c17-13-6-4-12(5-7-13)14-2-1-3-15(14)16(19)18-8-10-20-11-9-18;1-3-2;3*1-2/h4-7,14-15H,1-3,8-11H2;3H2,1-2H3;3*1-2H3/t14?,15-;;;;/m1..../s1. The minimum Gasteiger partial charge on any atom is -0.378 e. The molecule has 1 aliphatic heterocycles. The highest BCUT2D eigenvalue weighted by Crippen LogP contribution is 2.41. The van der Waals surface area contributed by atoms with E-state index >= 15 is 0 Å². The Morgan fingerprint density at radius 3 is 1.93 bits per heavy atom. The summed E-state index contributed by atoms with van der Waals surface area (Å²) in [6, 6.07) is 7.98. The number of hydrogen-bond acceptors (Lipinski definition) is 2. The second kappa shape index (κ2) is 20.2. The van der Waals surface area contributed by atoms with Crippen molar-refractivity contribution in [1.29, 1.82) is 0 Å². The largest absolute Gasteiger partial charge is 0.378 e. The van der Waals surface area contributed by atoms with E-state index in [-0.39, 0.29) is 5.92 Å². The average Bonchev–Trinajstić information content (AvgIpc) is 3.29. The molecule has 1 aliphatic carbocycles. The van der Waals surface area contributed by atoms with Crippen molar-refractivity contribution < 1.29 is 9.53 Å². The lowest BCUT2D eigenvalue weighted by atomic mass is 9.88.